The zero-order chi connectivity index (χ0) is 18.6. The molecule has 0 saturated heterocycles. The SMILES string of the molecule is COc1cccc2c(NCCCn3ncc4ccccc43)c(C#N)cnc12. The molecule has 0 atom stereocenters. The largest absolute Gasteiger partial charge is 0.494 e. The molecule has 4 aromatic rings. The van der Waals surface area contributed by atoms with Crippen molar-refractivity contribution in [1.29, 1.82) is 5.26 Å². The lowest BCUT2D eigenvalue weighted by molar-refractivity contribution is 0.419. The summed E-state index contributed by atoms with van der Waals surface area (Å²) < 4.78 is 7.40. The van der Waals surface area contributed by atoms with Gasteiger partial charge in [-0.15, -0.1) is 0 Å². The second-order valence-electron chi connectivity index (χ2n) is 6.22. The molecule has 6 heteroatoms. The molecule has 0 radical (unpaired) electrons. The topological polar surface area (TPSA) is 75.8 Å². The summed E-state index contributed by atoms with van der Waals surface area (Å²) in [6.07, 6.45) is 4.36. The summed E-state index contributed by atoms with van der Waals surface area (Å²) in [6, 6.07) is 16.1. The van der Waals surface area contributed by atoms with E-state index in [1.54, 1.807) is 13.3 Å². The monoisotopic (exact) mass is 357 g/mol. The molecule has 134 valence electrons. The minimum absolute atomic E-state index is 0.528. The van der Waals surface area contributed by atoms with Crippen molar-refractivity contribution >= 4 is 27.5 Å². The van der Waals surface area contributed by atoms with E-state index in [9.17, 15) is 5.26 Å². The van der Waals surface area contributed by atoms with Gasteiger partial charge in [-0.3, -0.25) is 9.67 Å². The Morgan fingerprint density at radius 1 is 1.15 bits per heavy atom. The van der Waals surface area contributed by atoms with Crippen molar-refractivity contribution in [2.75, 3.05) is 19.0 Å². The van der Waals surface area contributed by atoms with E-state index < -0.39 is 0 Å². The summed E-state index contributed by atoms with van der Waals surface area (Å²) in [6.45, 7) is 1.52. The summed E-state index contributed by atoms with van der Waals surface area (Å²) in [5.41, 5.74) is 3.21. The first-order valence-electron chi connectivity index (χ1n) is 8.82. The first-order chi connectivity index (χ1) is 13.3. The van der Waals surface area contributed by atoms with Gasteiger partial charge >= 0.3 is 0 Å². The highest BCUT2D eigenvalue weighted by molar-refractivity contribution is 5.97. The zero-order valence-electron chi connectivity index (χ0n) is 15.0. The maximum Gasteiger partial charge on any atom is 0.145 e. The van der Waals surface area contributed by atoms with Gasteiger partial charge in [0.1, 0.15) is 17.3 Å². The fraction of sp³-hybridized carbons (Fsp3) is 0.190. The Labute approximate surface area is 157 Å². The van der Waals surface area contributed by atoms with Gasteiger partial charge in [0.05, 0.1) is 30.1 Å². The Hall–Kier alpha value is -3.59. The fourth-order valence-corrected chi connectivity index (χ4v) is 3.28. The predicted molar refractivity (Wildman–Crippen MR) is 106 cm³/mol. The number of rotatable bonds is 6. The summed E-state index contributed by atoms with van der Waals surface area (Å²) in [5.74, 6) is 0.697. The maximum atomic E-state index is 9.45. The Bertz CT molecular complexity index is 1140. The summed E-state index contributed by atoms with van der Waals surface area (Å²) in [5, 5.41) is 19.4. The predicted octanol–water partition coefficient (Wildman–Crippen LogP) is 3.97. The van der Waals surface area contributed by atoms with Gasteiger partial charge in [-0.05, 0) is 18.6 Å². The quantitative estimate of drug-likeness (QED) is 0.529. The van der Waals surface area contributed by atoms with E-state index in [1.807, 2.05) is 41.2 Å². The molecule has 0 aliphatic carbocycles. The van der Waals surface area contributed by atoms with E-state index >= 15 is 0 Å². The van der Waals surface area contributed by atoms with Crippen LogP contribution < -0.4 is 10.1 Å². The molecule has 2 heterocycles. The molecule has 0 bridgehead atoms. The van der Waals surface area contributed by atoms with Gasteiger partial charge in [0, 0.05) is 30.1 Å². The molecule has 2 aromatic heterocycles. The molecule has 1 N–H and O–H groups in total. The Morgan fingerprint density at radius 3 is 2.89 bits per heavy atom. The van der Waals surface area contributed by atoms with Crippen LogP contribution in [0.2, 0.25) is 0 Å². The molecular formula is C21H19N5O. The number of hydrogen-bond donors (Lipinski definition) is 1. The minimum Gasteiger partial charge on any atom is -0.494 e. The number of methoxy groups -OCH3 is 1. The van der Waals surface area contributed by atoms with Gasteiger partial charge in [0.2, 0.25) is 0 Å². The molecule has 0 unspecified atom stereocenters. The molecule has 2 aromatic carbocycles. The van der Waals surface area contributed by atoms with Crippen molar-refractivity contribution in [2.24, 2.45) is 0 Å². The van der Waals surface area contributed by atoms with Crippen molar-refractivity contribution in [3.8, 4) is 11.8 Å². The van der Waals surface area contributed by atoms with Crippen LogP contribution in [0.3, 0.4) is 0 Å². The van der Waals surface area contributed by atoms with E-state index in [1.165, 1.54) is 0 Å². The standard InChI is InChI=1S/C21H19N5O/c1-27-19-9-4-7-17-20(16(12-22)13-24-21(17)19)23-10-5-11-26-18-8-3-2-6-15(18)14-25-26/h2-4,6-9,13-14H,5,10-11H2,1H3,(H,23,24). The van der Waals surface area contributed by atoms with Gasteiger partial charge in [0.25, 0.3) is 0 Å². The van der Waals surface area contributed by atoms with Crippen LogP contribution in [0.25, 0.3) is 21.8 Å². The number of nitrogens with one attached hydrogen (secondary N) is 1. The maximum absolute atomic E-state index is 9.45. The number of para-hydroxylation sites is 2. The molecule has 6 nitrogen and oxygen atoms in total. The lowest BCUT2D eigenvalue weighted by Gasteiger charge is -2.13. The van der Waals surface area contributed by atoms with Gasteiger partial charge in [-0.1, -0.05) is 30.3 Å². The van der Waals surface area contributed by atoms with E-state index in [4.69, 9.17) is 4.74 Å². The molecule has 27 heavy (non-hydrogen) atoms. The third-order valence-corrected chi connectivity index (χ3v) is 4.60. The second-order valence-corrected chi connectivity index (χ2v) is 6.22. The van der Waals surface area contributed by atoms with Crippen LogP contribution in [0.5, 0.6) is 5.75 Å². The number of aryl methyl sites for hydroxylation is 1. The molecule has 0 spiro atoms. The van der Waals surface area contributed by atoms with E-state index in [0.717, 1.165) is 47.0 Å². The molecule has 0 amide bonds. The van der Waals surface area contributed by atoms with Crippen LogP contribution in [0, 0.1) is 11.3 Å². The van der Waals surface area contributed by atoms with Gasteiger partial charge < -0.3 is 10.1 Å². The fourth-order valence-electron chi connectivity index (χ4n) is 3.28. The number of pyridine rings is 1. The second kappa shape index (κ2) is 7.34. The summed E-state index contributed by atoms with van der Waals surface area (Å²) in [4.78, 5) is 4.38. The van der Waals surface area contributed by atoms with Crippen molar-refractivity contribution in [2.45, 2.75) is 13.0 Å². The van der Waals surface area contributed by atoms with E-state index in [2.05, 4.69) is 33.6 Å². The number of aromatic nitrogens is 3. The van der Waals surface area contributed by atoms with Crippen molar-refractivity contribution in [3.05, 3.63) is 60.4 Å². The van der Waals surface area contributed by atoms with Gasteiger partial charge in [-0.25, -0.2) is 0 Å². The van der Waals surface area contributed by atoms with Crippen LogP contribution in [0.4, 0.5) is 5.69 Å². The Kier molecular flexibility index (Phi) is 4.58. The van der Waals surface area contributed by atoms with Gasteiger partial charge in [0.15, 0.2) is 0 Å². The molecule has 0 aliphatic heterocycles. The molecule has 0 aliphatic rings. The van der Waals surface area contributed by atoms with Crippen LogP contribution in [0.1, 0.15) is 12.0 Å². The Balaban J connectivity index is 1.52. The third-order valence-electron chi connectivity index (χ3n) is 4.60. The number of ether oxygens (including phenoxy) is 1. The Morgan fingerprint density at radius 2 is 2.04 bits per heavy atom. The van der Waals surface area contributed by atoms with Crippen molar-refractivity contribution < 1.29 is 4.74 Å². The highest BCUT2D eigenvalue weighted by atomic mass is 16.5. The lowest BCUT2D eigenvalue weighted by atomic mass is 10.1. The minimum atomic E-state index is 0.528. The number of benzene rings is 2. The zero-order valence-corrected chi connectivity index (χ0v) is 15.0. The van der Waals surface area contributed by atoms with E-state index in [0.29, 0.717) is 11.3 Å². The first-order valence-corrected chi connectivity index (χ1v) is 8.82. The lowest BCUT2D eigenvalue weighted by Crippen LogP contribution is -2.09. The van der Waals surface area contributed by atoms with Crippen LogP contribution in [-0.2, 0) is 6.54 Å². The summed E-state index contributed by atoms with van der Waals surface area (Å²) in [7, 11) is 1.62. The number of hydrogen-bond acceptors (Lipinski definition) is 5. The molecule has 4 rings (SSSR count). The molecule has 0 saturated carbocycles. The highest BCUT2D eigenvalue weighted by Crippen LogP contribution is 2.31. The van der Waals surface area contributed by atoms with Crippen molar-refractivity contribution in [1.82, 2.24) is 14.8 Å². The van der Waals surface area contributed by atoms with Crippen LogP contribution in [-0.4, -0.2) is 28.4 Å². The van der Waals surface area contributed by atoms with Crippen molar-refractivity contribution in [3.63, 3.8) is 0 Å². The average Bonchev–Trinajstić information content (AvgIpc) is 3.13. The third kappa shape index (κ3) is 3.15. The van der Waals surface area contributed by atoms with Gasteiger partial charge in [-0.2, -0.15) is 10.4 Å². The highest BCUT2D eigenvalue weighted by Gasteiger charge is 2.11. The average molecular weight is 357 g/mol. The summed E-state index contributed by atoms with van der Waals surface area (Å²) >= 11 is 0. The van der Waals surface area contributed by atoms with E-state index in [-0.39, 0.29) is 0 Å². The number of nitrogens with zero attached hydrogens (tertiary/aromatic N) is 4. The molecular weight excluding hydrogens is 338 g/mol. The van der Waals surface area contributed by atoms with Crippen LogP contribution in [0.15, 0.2) is 54.9 Å². The normalized spacial score (nSPS) is 10.8. The smallest absolute Gasteiger partial charge is 0.145 e. The van der Waals surface area contributed by atoms with Crippen LogP contribution >= 0.6 is 0 Å². The number of nitriles is 1. The first kappa shape index (κ1) is 16.9. The number of anilines is 1. The molecule has 0 fully saturated rings. The number of fused-ring (bicyclic) bond motifs is 2.